The first-order valence-electron chi connectivity index (χ1n) is 13.3. The molecule has 2 aromatic heterocycles. The second-order valence-corrected chi connectivity index (χ2v) is 10.4. The van der Waals surface area contributed by atoms with Crippen LogP contribution in [0.3, 0.4) is 0 Å². The van der Waals surface area contributed by atoms with Gasteiger partial charge in [0.1, 0.15) is 11.5 Å². The first-order valence-corrected chi connectivity index (χ1v) is 13.3. The number of nitrogens with two attached hydrogens (primary N) is 1. The van der Waals surface area contributed by atoms with Gasteiger partial charge in [-0.3, -0.25) is 15.1 Å². The number of allylic oxidation sites excluding steroid dienone is 3. The molecule has 2 aliphatic rings. The summed E-state index contributed by atoms with van der Waals surface area (Å²) in [4.78, 5) is 27.5. The molecule has 1 amide bonds. The number of nitrogens with one attached hydrogen (secondary N) is 2. The number of aromatic amines is 1. The molecule has 3 atom stereocenters. The average molecular weight is 513 g/mol. The number of amides is 1. The van der Waals surface area contributed by atoms with Crippen LogP contribution in [-0.2, 0) is 11.2 Å². The average Bonchev–Trinajstić information content (AvgIpc) is 3.48. The molecule has 8 heteroatoms. The zero-order valence-corrected chi connectivity index (χ0v) is 22.0. The number of pyridine rings is 1. The van der Waals surface area contributed by atoms with E-state index in [2.05, 4.69) is 28.3 Å². The lowest BCUT2D eigenvalue weighted by molar-refractivity contribution is -0.127. The number of benzene rings is 1. The van der Waals surface area contributed by atoms with E-state index >= 15 is 0 Å². The number of H-pyrrole nitrogens is 1. The number of imidazole rings is 1. The summed E-state index contributed by atoms with van der Waals surface area (Å²) in [6, 6.07) is 9.84. The summed E-state index contributed by atoms with van der Waals surface area (Å²) in [5, 5.41) is 15.1. The highest BCUT2D eigenvalue weighted by molar-refractivity contribution is 5.94. The summed E-state index contributed by atoms with van der Waals surface area (Å²) in [6.45, 7) is 5.01. The molecule has 1 saturated heterocycles. The van der Waals surface area contributed by atoms with Gasteiger partial charge in [0.05, 0.1) is 17.1 Å². The summed E-state index contributed by atoms with van der Waals surface area (Å²) in [6.07, 6.45) is 14.1. The quantitative estimate of drug-likeness (QED) is 0.342. The number of carbonyl (C=O) groups is 1. The van der Waals surface area contributed by atoms with E-state index in [1.54, 1.807) is 19.3 Å². The van der Waals surface area contributed by atoms with Crippen molar-refractivity contribution in [2.75, 3.05) is 13.1 Å². The number of aliphatic hydroxyl groups is 1. The van der Waals surface area contributed by atoms with Gasteiger partial charge in [0, 0.05) is 37.1 Å². The van der Waals surface area contributed by atoms with Crippen LogP contribution in [0.15, 0.2) is 78.2 Å². The molecule has 2 unspecified atom stereocenters. The van der Waals surface area contributed by atoms with Crippen molar-refractivity contribution in [3.8, 4) is 0 Å². The summed E-state index contributed by atoms with van der Waals surface area (Å²) >= 11 is 0. The third-order valence-corrected chi connectivity index (χ3v) is 7.48. The summed E-state index contributed by atoms with van der Waals surface area (Å²) < 4.78 is 0. The Morgan fingerprint density at radius 2 is 2.11 bits per heavy atom. The third-order valence-electron chi connectivity index (χ3n) is 7.48. The van der Waals surface area contributed by atoms with Gasteiger partial charge in [-0.15, -0.1) is 0 Å². The number of likely N-dealkylation sites (tertiary alicyclic amines) is 1. The number of aromatic nitrogens is 3. The van der Waals surface area contributed by atoms with Crippen molar-refractivity contribution in [1.82, 2.24) is 25.2 Å². The zero-order chi connectivity index (χ0) is 26.7. The van der Waals surface area contributed by atoms with Crippen molar-refractivity contribution in [2.24, 2.45) is 5.73 Å². The predicted octanol–water partition coefficient (Wildman–Crippen LogP) is 3.61. The number of hydrogen-bond acceptors (Lipinski definition) is 6. The molecule has 38 heavy (non-hydrogen) atoms. The van der Waals surface area contributed by atoms with E-state index in [1.807, 2.05) is 53.5 Å². The van der Waals surface area contributed by atoms with E-state index in [9.17, 15) is 9.90 Å². The zero-order valence-electron chi connectivity index (χ0n) is 22.0. The number of nitrogens with zero attached hydrogens (tertiary/aromatic N) is 3. The molecule has 5 N–H and O–H groups in total. The molecule has 0 saturated carbocycles. The molecule has 0 spiro atoms. The van der Waals surface area contributed by atoms with E-state index in [-0.39, 0.29) is 18.0 Å². The van der Waals surface area contributed by atoms with Crippen molar-refractivity contribution in [1.29, 1.82) is 0 Å². The maximum atomic E-state index is 13.2. The Labute approximate surface area is 223 Å². The number of fused-ring (bicyclic) bond motifs is 1. The fourth-order valence-corrected chi connectivity index (χ4v) is 5.34. The lowest BCUT2D eigenvalue weighted by Gasteiger charge is -2.31. The van der Waals surface area contributed by atoms with Gasteiger partial charge in [0.15, 0.2) is 0 Å². The van der Waals surface area contributed by atoms with E-state index < -0.39 is 5.72 Å². The highest BCUT2D eigenvalue weighted by Gasteiger charge is 2.32. The topological polar surface area (TPSA) is 120 Å². The number of hydrogen-bond donors (Lipinski definition) is 4. The third kappa shape index (κ3) is 5.62. The molecule has 0 bridgehead atoms. The van der Waals surface area contributed by atoms with Gasteiger partial charge in [-0.05, 0) is 80.5 Å². The minimum absolute atomic E-state index is 0.0286. The fourth-order valence-electron chi connectivity index (χ4n) is 5.34. The first-order chi connectivity index (χ1) is 18.3. The van der Waals surface area contributed by atoms with Crippen LogP contribution in [-0.4, -0.2) is 55.7 Å². The van der Waals surface area contributed by atoms with Crippen molar-refractivity contribution < 1.29 is 9.90 Å². The largest absolute Gasteiger partial charge is 0.372 e. The molecule has 8 nitrogen and oxygen atoms in total. The lowest BCUT2D eigenvalue weighted by Crippen LogP contribution is -2.46. The van der Waals surface area contributed by atoms with Crippen LogP contribution in [0.5, 0.6) is 0 Å². The van der Waals surface area contributed by atoms with Crippen molar-refractivity contribution >= 4 is 16.9 Å². The Kier molecular flexibility index (Phi) is 7.56. The summed E-state index contributed by atoms with van der Waals surface area (Å²) in [7, 11) is 0. The molecular weight excluding hydrogens is 476 g/mol. The van der Waals surface area contributed by atoms with Crippen LogP contribution in [0, 0.1) is 6.92 Å². The number of aryl methyl sites for hydroxylation is 1. The molecule has 3 aromatic rings. The molecular formula is C30H36N6O2. The van der Waals surface area contributed by atoms with Crippen LogP contribution in [0.1, 0.15) is 49.2 Å². The molecule has 0 radical (unpaired) electrons. The van der Waals surface area contributed by atoms with E-state index in [1.165, 1.54) is 0 Å². The van der Waals surface area contributed by atoms with Gasteiger partial charge in [-0.25, -0.2) is 4.98 Å². The van der Waals surface area contributed by atoms with Gasteiger partial charge in [0.2, 0.25) is 5.91 Å². The maximum Gasteiger partial charge on any atom is 0.250 e. The van der Waals surface area contributed by atoms with Gasteiger partial charge in [-0.2, -0.15) is 0 Å². The Morgan fingerprint density at radius 1 is 1.29 bits per heavy atom. The van der Waals surface area contributed by atoms with E-state index in [4.69, 9.17) is 10.7 Å². The molecule has 1 aliphatic carbocycles. The SMILES string of the molecule is Cc1ccc2nc([C@H](Cc3ccncc3)NC(C)(O)C3=CC=C(C(=O)N4CCCC4CN)CC=C3)[nH]c2c1. The molecule has 5 rings (SSSR count). The predicted molar refractivity (Wildman–Crippen MR) is 149 cm³/mol. The molecule has 3 heterocycles. The van der Waals surface area contributed by atoms with Gasteiger partial charge < -0.3 is 20.7 Å². The minimum atomic E-state index is -1.38. The summed E-state index contributed by atoms with van der Waals surface area (Å²) in [5.41, 5.74) is 9.94. The van der Waals surface area contributed by atoms with Crippen molar-refractivity contribution in [3.05, 3.63) is 95.1 Å². The molecule has 1 aromatic carbocycles. The minimum Gasteiger partial charge on any atom is -0.372 e. The molecule has 198 valence electrons. The van der Waals surface area contributed by atoms with Crippen LogP contribution in [0.25, 0.3) is 11.0 Å². The Morgan fingerprint density at radius 3 is 2.89 bits per heavy atom. The van der Waals surface area contributed by atoms with Crippen LogP contribution in [0.2, 0.25) is 0 Å². The van der Waals surface area contributed by atoms with Gasteiger partial charge in [0.25, 0.3) is 0 Å². The van der Waals surface area contributed by atoms with E-state index in [0.717, 1.165) is 47.4 Å². The highest BCUT2D eigenvalue weighted by Crippen LogP contribution is 2.28. The highest BCUT2D eigenvalue weighted by atomic mass is 16.3. The monoisotopic (exact) mass is 512 g/mol. The van der Waals surface area contributed by atoms with Crippen LogP contribution in [0.4, 0.5) is 0 Å². The Bertz CT molecular complexity index is 1390. The van der Waals surface area contributed by atoms with Crippen molar-refractivity contribution in [3.63, 3.8) is 0 Å². The standard InChI is InChI=1S/C30H36N6O2/c1-20-8-11-25-26(17-20)34-28(33-25)27(18-21-12-14-32-15-13-21)35-30(2,38)23-6-3-5-22(9-10-23)29(37)36-16-4-7-24(36)19-31/h3,6,8-15,17,24,27,35,38H,4-5,7,16,18-19,31H2,1-2H3,(H,33,34)/t24?,27-,30?/m0/s1. The van der Waals surface area contributed by atoms with Crippen LogP contribution >= 0.6 is 0 Å². The Hall–Kier alpha value is -3.59. The fraction of sp³-hybridized carbons (Fsp3) is 0.367. The number of carbonyl (C=O) groups excluding carboxylic acids is 1. The summed E-state index contributed by atoms with van der Waals surface area (Å²) in [5.74, 6) is 0.773. The number of rotatable bonds is 8. The molecule has 1 aliphatic heterocycles. The van der Waals surface area contributed by atoms with Crippen LogP contribution < -0.4 is 11.1 Å². The van der Waals surface area contributed by atoms with Gasteiger partial charge in [-0.1, -0.05) is 30.4 Å². The maximum absolute atomic E-state index is 13.2. The lowest BCUT2D eigenvalue weighted by atomic mass is 9.99. The van der Waals surface area contributed by atoms with Crippen molar-refractivity contribution in [2.45, 2.75) is 57.3 Å². The molecule has 1 fully saturated rings. The smallest absolute Gasteiger partial charge is 0.250 e. The second-order valence-electron chi connectivity index (χ2n) is 10.4. The van der Waals surface area contributed by atoms with E-state index in [0.29, 0.717) is 30.5 Å². The second kappa shape index (κ2) is 11.0. The normalized spacial score (nSPS) is 20.1. The Balaban J connectivity index is 1.41. The van der Waals surface area contributed by atoms with Gasteiger partial charge >= 0.3 is 0 Å². The first kappa shape index (κ1) is 26.0.